The molecule has 5 heteroatoms. The molecule has 0 aliphatic rings. The van der Waals surface area contributed by atoms with Crippen LogP contribution in [0, 0.1) is 5.41 Å². The fourth-order valence-electron chi connectivity index (χ4n) is 1.47. The Morgan fingerprint density at radius 2 is 1.67 bits per heavy atom. The first-order valence-corrected chi connectivity index (χ1v) is 8.32. The molecule has 0 aromatic rings. The zero-order chi connectivity index (χ0) is 21.3. The second kappa shape index (κ2) is 15.6. The molecule has 148 valence electrons. The average Bonchev–Trinajstić information content (AvgIpc) is 2.62. The molecule has 0 radical (unpaired) electrons. The van der Waals surface area contributed by atoms with Crippen LogP contribution in [0.3, 0.4) is 0 Å². The summed E-state index contributed by atoms with van der Waals surface area (Å²) in [4.78, 5) is 0. The first kappa shape index (κ1) is 26.6. The predicted octanol–water partition coefficient (Wildman–Crippen LogP) is 6.39. The molecule has 0 unspecified atom stereocenters. The van der Waals surface area contributed by atoms with Crippen LogP contribution in [0.2, 0.25) is 0 Å². The topological polar surface area (TPSA) is 49.9 Å². The number of nitrogens with two attached hydrogens (primary N) is 1. The van der Waals surface area contributed by atoms with E-state index in [9.17, 15) is 13.2 Å². The van der Waals surface area contributed by atoms with Gasteiger partial charge in [-0.1, -0.05) is 69.2 Å². The van der Waals surface area contributed by atoms with E-state index in [2.05, 4.69) is 32.7 Å². The smallest absolute Gasteiger partial charge is 0.327 e. The summed E-state index contributed by atoms with van der Waals surface area (Å²) in [5.74, 6) is 0. The summed E-state index contributed by atoms with van der Waals surface area (Å²) in [5, 5.41) is 6.75. The van der Waals surface area contributed by atoms with E-state index in [0.717, 1.165) is 24.3 Å². The fourth-order valence-corrected chi connectivity index (χ4v) is 1.47. The number of rotatable bonds is 9. The quantitative estimate of drug-likeness (QED) is 0.354. The molecule has 0 amide bonds. The van der Waals surface area contributed by atoms with Gasteiger partial charge in [0.05, 0.1) is 5.57 Å². The van der Waals surface area contributed by atoms with Gasteiger partial charge in [0, 0.05) is 12.8 Å². The highest BCUT2D eigenvalue weighted by atomic mass is 19.4. The normalized spacial score (nSPS) is 12.6. The van der Waals surface area contributed by atoms with Gasteiger partial charge in [-0.2, -0.15) is 13.2 Å². The molecule has 3 N–H and O–H groups in total. The third kappa shape index (κ3) is 14.2. The third-order valence-corrected chi connectivity index (χ3v) is 2.94. The molecule has 0 heterocycles. The lowest BCUT2D eigenvalue weighted by Crippen LogP contribution is -2.14. The van der Waals surface area contributed by atoms with E-state index in [-0.39, 0.29) is 11.1 Å². The van der Waals surface area contributed by atoms with Crippen LogP contribution in [0.15, 0.2) is 96.7 Å². The van der Waals surface area contributed by atoms with Crippen molar-refractivity contribution in [3.05, 3.63) is 96.7 Å². The van der Waals surface area contributed by atoms with Gasteiger partial charge in [-0.05, 0) is 42.2 Å². The van der Waals surface area contributed by atoms with Crippen molar-refractivity contribution in [2.24, 2.45) is 5.73 Å². The van der Waals surface area contributed by atoms with Gasteiger partial charge in [0.2, 0.25) is 0 Å². The minimum Gasteiger partial charge on any atom is -0.327 e. The van der Waals surface area contributed by atoms with Crippen molar-refractivity contribution in [3.8, 4) is 0 Å². The Morgan fingerprint density at radius 3 is 2.11 bits per heavy atom. The SMILES string of the molecule is C=C(/C=C\C=C/CC)CN.C=C(/C=C\C=N)C(=C)/C(=C\C=C/C)C(F)(F)F. The van der Waals surface area contributed by atoms with Gasteiger partial charge < -0.3 is 11.1 Å². The van der Waals surface area contributed by atoms with Crippen LogP contribution in [-0.2, 0) is 0 Å². The standard InChI is InChI=1S/C13H14F3N.C9H15N/c1-4-5-8-12(13(14,15)16)11(3)10(2)7-6-9-17;1-3-4-5-6-7-9(2)8-10/h4-9,17H,2-3H2,1H3;4-7H,2-3,8,10H2,1H3/b5-4-,7-6-,12-8+,17-9?;5-4-,7-6-. The van der Waals surface area contributed by atoms with E-state index in [4.69, 9.17) is 11.1 Å². The lowest BCUT2D eigenvalue weighted by atomic mass is 9.99. The molecule has 0 spiro atoms. The van der Waals surface area contributed by atoms with Crippen LogP contribution in [0.25, 0.3) is 0 Å². The maximum Gasteiger partial charge on any atom is 0.416 e. The summed E-state index contributed by atoms with van der Waals surface area (Å²) in [7, 11) is 0. The highest BCUT2D eigenvalue weighted by molar-refractivity contribution is 5.69. The minimum absolute atomic E-state index is 0.126. The largest absolute Gasteiger partial charge is 0.416 e. The average molecular weight is 378 g/mol. The van der Waals surface area contributed by atoms with Crippen molar-refractivity contribution in [3.63, 3.8) is 0 Å². The van der Waals surface area contributed by atoms with Crippen LogP contribution in [0.4, 0.5) is 13.2 Å². The van der Waals surface area contributed by atoms with Crippen molar-refractivity contribution < 1.29 is 13.2 Å². The van der Waals surface area contributed by atoms with E-state index in [1.54, 1.807) is 6.92 Å². The van der Waals surface area contributed by atoms with Crippen LogP contribution in [0.1, 0.15) is 20.3 Å². The molecule has 0 rings (SSSR count). The van der Waals surface area contributed by atoms with Crippen molar-refractivity contribution in [1.29, 1.82) is 5.41 Å². The van der Waals surface area contributed by atoms with Crippen molar-refractivity contribution >= 4 is 6.21 Å². The lowest BCUT2D eigenvalue weighted by Gasteiger charge is -2.14. The zero-order valence-electron chi connectivity index (χ0n) is 16.0. The Balaban J connectivity index is 0. The summed E-state index contributed by atoms with van der Waals surface area (Å²) in [6.45, 7) is 14.8. The molecule has 0 saturated heterocycles. The third-order valence-electron chi connectivity index (χ3n) is 2.94. The molecular weight excluding hydrogens is 349 g/mol. The zero-order valence-corrected chi connectivity index (χ0v) is 16.0. The van der Waals surface area contributed by atoms with Crippen LogP contribution in [0.5, 0.6) is 0 Å². The predicted molar refractivity (Wildman–Crippen MR) is 112 cm³/mol. The Bertz CT molecular complexity index is 643. The maximum absolute atomic E-state index is 12.7. The summed E-state index contributed by atoms with van der Waals surface area (Å²) < 4.78 is 38.1. The molecule has 2 nitrogen and oxygen atoms in total. The number of allylic oxidation sites excluding steroid dienone is 11. The Hall–Kier alpha value is -2.66. The summed E-state index contributed by atoms with van der Waals surface area (Å²) in [6, 6.07) is 0. The van der Waals surface area contributed by atoms with Crippen molar-refractivity contribution in [2.45, 2.75) is 26.4 Å². The van der Waals surface area contributed by atoms with Gasteiger partial charge in [0.25, 0.3) is 0 Å². The molecule has 27 heavy (non-hydrogen) atoms. The Morgan fingerprint density at radius 1 is 1.04 bits per heavy atom. The summed E-state index contributed by atoms with van der Waals surface area (Å²) in [5.41, 5.74) is 5.36. The van der Waals surface area contributed by atoms with Gasteiger partial charge in [-0.15, -0.1) is 0 Å². The van der Waals surface area contributed by atoms with Gasteiger partial charge in [0.15, 0.2) is 0 Å². The second-order valence-electron chi connectivity index (χ2n) is 5.19. The highest BCUT2D eigenvalue weighted by Crippen LogP contribution is 2.33. The highest BCUT2D eigenvalue weighted by Gasteiger charge is 2.35. The minimum atomic E-state index is -4.47. The van der Waals surface area contributed by atoms with Gasteiger partial charge in [-0.3, -0.25) is 0 Å². The monoisotopic (exact) mass is 378 g/mol. The van der Waals surface area contributed by atoms with Crippen molar-refractivity contribution in [2.75, 3.05) is 6.54 Å². The first-order valence-electron chi connectivity index (χ1n) is 8.32. The van der Waals surface area contributed by atoms with Crippen LogP contribution in [-0.4, -0.2) is 18.9 Å². The number of alkyl halides is 3. The molecular formula is C22H29F3N2. The molecule has 0 aromatic carbocycles. The van der Waals surface area contributed by atoms with E-state index in [0.29, 0.717) is 6.54 Å². The van der Waals surface area contributed by atoms with Crippen molar-refractivity contribution in [1.82, 2.24) is 0 Å². The molecule has 0 saturated carbocycles. The Kier molecular flexibility index (Phi) is 15.3. The number of hydrogen-bond donors (Lipinski definition) is 2. The lowest BCUT2D eigenvalue weighted by molar-refractivity contribution is -0.0890. The Labute approximate surface area is 160 Å². The molecule has 0 fully saturated rings. The first-order chi connectivity index (χ1) is 12.6. The second-order valence-corrected chi connectivity index (χ2v) is 5.19. The molecule has 0 aromatic heterocycles. The van der Waals surface area contributed by atoms with Crippen LogP contribution >= 0.6 is 0 Å². The van der Waals surface area contributed by atoms with Crippen LogP contribution < -0.4 is 5.73 Å². The fraction of sp³-hybridized carbons (Fsp3) is 0.227. The van der Waals surface area contributed by atoms with E-state index in [1.807, 2.05) is 18.2 Å². The van der Waals surface area contributed by atoms with Gasteiger partial charge in [-0.25, -0.2) is 0 Å². The number of nitrogens with one attached hydrogen (secondary N) is 1. The van der Waals surface area contributed by atoms with E-state index in [1.165, 1.54) is 24.3 Å². The molecule has 0 bridgehead atoms. The maximum atomic E-state index is 12.7. The molecule has 0 aliphatic carbocycles. The number of hydrogen-bond acceptors (Lipinski definition) is 2. The summed E-state index contributed by atoms with van der Waals surface area (Å²) in [6.07, 6.45) is 11.9. The van der Waals surface area contributed by atoms with E-state index >= 15 is 0 Å². The van der Waals surface area contributed by atoms with Gasteiger partial charge in [0.1, 0.15) is 0 Å². The molecule has 0 aliphatic heterocycles. The van der Waals surface area contributed by atoms with Gasteiger partial charge >= 0.3 is 6.18 Å². The summed E-state index contributed by atoms with van der Waals surface area (Å²) >= 11 is 0. The van der Waals surface area contributed by atoms with E-state index < -0.39 is 11.7 Å². The number of halogens is 3. The molecule has 0 atom stereocenters.